The molecule has 7 heteroatoms. The van der Waals surface area contributed by atoms with E-state index in [2.05, 4.69) is 15.9 Å². The van der Waals surface area contributed by atoms with Crippen LogP contribution in [0.25, 0.3) is 0 Å². The van der Waals surface area contributed by atoms with Gasteiger partial charge in [0.05, 0.1) is 22.1 Å². The summed E-state index contributed by atoms with van der Waals surface area (Å²) in [5.74, 6) is -2.01. The van der Waals surface area contributed by atoms with Crippen LogP contribution in [0.15, 0.2) is 22.7 Å². The fraction of sp³-hybridized carbons (Fsp3) is 0.533. The molecule has 0 amide bonds. The van der Waals surface area contributed by atoms with E-state index in [0.29, 0.717) is 10.0 Å². The maximum Gasteiger partial charge on any atom is 0.466 e. The summed E-state index contributed by atoms with van der Waals surface area (Å²) in [7, 11) is -0.735. The molecule has 0 aromatic heterocycles. The first-order chi connectivity index (χ1) is 10.0. The Morgan fingerprint density at radius 2 is 1.86 bits per heavy atom. The SMILES string of the molecule is CC1(C)OB(C(CC(=O)O)c2ccc(Br)c(F)c2)OC1(C)C. The van der Waals surface area contributed by atoms with Crippen molar-refractivity contribution in [3.05, 3.63) is 34.1 Å². The molecule has 1 fully saturated rings. The smallest absolute Gasteiger partial charge is 0.466 e. The molecule has 0 aliphatic carbocycles. The van der Waals surface area contributed by atoms with Crippen LogP contribution in [0, 0.1) is 5.82 Å². The van der Waals surface area contributed by atoms with Gasteiger partial charge in [-0.05, 0) is 61.3 Å². The summed E-state index contributed by atoms with van der Waals surface area (Å²) in [6, 6.07) is 4.57. The highest BCUT2D eigenvalue weighted by Gasteiger charge is 2.54. The molecule has 1 saturated heterocycles. The number of hydrogen-bond acceptors (Lipinski definition) is 3. The third-order valence-electron chi connectivity index (χ3n) is 4.37. The van der Waals surface area contributed by atoms with E-state index in [9.17, 15) is 14.3 Å². The number of carboxylic acid groups (broad SMARTS) is 1. The second-order valence-corrected chi connectivity index (χ2v) is 7.36. The lowest BCUT2D eigenvalue weighted by molar-refractivity contribution is -0.137. The number of hydrogen-bond donors (Lipinski definition) is 1. The van der Waals surface area contributed by atoms with E-state index in [1.807, 2.05) is 27.7 Å². The predicted octanol–water partition coefficient (Wildman–Crippen LogP) is 3.78. The van der Waals surface area contributed by atoms with Gasteiger partial charge in [0.15, 0.2) is 0 Å². The minimum absolute atomic E-state index is 0.197. The van der Waals surface area contributed by atoms with Crippen molar-refractivity contribution in [3.63, 3.8) is 0 Å². The van der Waals surface area contributed by atoms with Crippen LogP contribution in [0.1, 0.15) is 45.5 Å². The molecule has 2 rings (SSSR count). The van der Waals surface area contributed by atoms with Gasteiger partial charge in [0.25, 0.3) is 0 Å². The summed E-state index contributed by atoms with van der Waals surface area (Å²) >= 11 is 3.10. The molecule has 1 aromatic rings. The minimum Gasteiger partial charge on any atom is -0.481 e. The normalized spacial score (nSPS) is 20.9. The Balaban J connectivity index is 2.35. The van der Waals surface area contributed by atoms with Crippen molar-refractivity contribution in [2.45, 2.75) is 51.1 Å². The van der Waals surface area contributed by atoms with Crippen LogP contribution in [-0.4, -0.2) is 29.4 Å². The van der Waals surface area contributed by atoms with E-state index in [-0.39, 0.29) is 6.42 Å². The molecule has 0 bridgehead atoms. The third-order valence-corrected chi connectivity index (χ3v) is 5.01. The highest BCUT2D eigenvalue weighted by atomic mass is 79.9. The van der Waals surface area contributed by atoms with E-state index in [4.69, 9.17) is 9.31 Å². The average Bonchev–Trinajstić information content (AvgIpc) is 2.59. The average molecular weight is 373 g/mol. The Morgan fingerprint density at radius 3 is 2.32 bits per heavy atom. The fourth-order valence-electron chi connectivity index (χ4n) is 2.36. The second kappa shape index (κ2) is 5.94. The monoisotopic (exact) mass is 372 g/mol. The maximum atomic E-state index is 13.8. The van der Waals surface area contributed by atoms with Crippen molar-refractivity contribution in [2.24, 2.45) is 0 Å². The topological polar surface area (TPSA) is 55.8 Å². The van der Waals surface area contributed by atoms with Crippen molar-refractivity contribution in [2.75, 3.05) is 0 Å². The lowest BCUT2D eigenvalue weighted by Crippen LogP contribution is -2.41. The first-order valence-corrected chi connectivity index (χ1v) is 7.85. The summed E-state index contributed by atoms with van der Waals surface area (Å²) < 4.78 is 26.0. The quantitative estimate of drug-likeness (QED) is 0.817. The summed E-state index contributed by atoms with van der Waals surface area (Å²) in [4.78, 5) is 11.2. The molecule has 0 spiro atoms. The Morgan fingerprint density at radius 1 is 1.32 bits per heavy atom. The highest BCUT2D eigenvalue weighted by molar-refractivity contribution is 9.10. The molecule has 1 atom stereocenters. The first-order valence-electron chi connectivity index (χ1n) is 7.06. The van der Waals surface area contributed by atoms with E-state index in [0.717, 1.165) is 0 Å². The molecule has 1 aliphatic rings. The maximum absolute atomic E-state index is 13.8. The fourth-order valence-corrected chi connectivity index (χ4v) is 2.60. The van der Waals surface area contributed by atoms with Crippen LogP contribution >= 0.6 is 15.9 Å². The number of aliphatic carboxylic acids is 1. The van der Waals surface area contributed by atoms with Gasteiger partial charge in [-0.3, -0.25) is 4.79 Å². The number of benzene rings is 1. The first kappa shape index (κ1) is 17.4. The molecule has 1 aromatic carbocycles. The van der Waals surface area contributed by atoms with Crippen molar-refractivity contribution in [1.82, 2.24) is 0 Å². The minimum atomic E-state index is -0.983. The molecule has 120 valence electrons. The number of halogens is 2. The van der Waals surface area contributed by atoms with Gasteiger partial charge in [-0.25, -0.2) is 4.39 Å². The standard InChI is InChI=1S/C15H19BBrFO4/c1-14(2)15(3,4)22-16(21-14)10(8-13(19)20)9-5-6-11(17)12(18)7-9/h5-7,10H,8H2,1-4H3,(H,19,20). The molecule has 1 heterocycles. The van der Waals surface area contributed by atoms with Gasteiger partial charge in [-0.1, -0.05) is 6.07 Å². The summed E-state index contributed by atoms with van der Waals surface area (Å²) in [6.07, 6.45) is -0.197. The van der Waals surface area contributed by atoms with Crippen LogP contribution in [-0.2, 0) is 14.1 Å². The summed E-state index contributed by atoms with van der Waals surface area (Å²) in [6.45, 7) is 7.58. The van der Waals surface area contributed by atoms with Crippen molar-refractivity contribution >= 4 is 29.0 Å². The Kier molecular flexibility index (Phi) is 4.71. The van der Waals surface area contributed by atoms with Crippen LogP contribution in [0.3, 0.4) is 0 Å². The van der Waals surface area contributed by atoms with Crippen molar-refractivity contribution in [1.29, 1.82) is 0 Å². The molecule has 1 N–H and O–H groups in total. The zero-order chi connectivity index (χ0) is 16.7. The van der Waals surface area contributed by atoms with Gasteiger partial charge in [0.1, 0.15) is 5.82 Å². The molecule has 1 aliphatic heterocycles. The Labute approximate surface area is 138 Å². The largest absolute Gasteiger partial charge is 0.481 e. The molecule has 22 heavy (non-hydrogen) atoms. The van der Waals surface area contributed by atoms with E-state index < -0.39 is 35.9 Å². The Hall–Kier alpha value is -0.915. The third kappa shape index (κ3) is 3.36. The van der Waals surface area contributed by atoms with Gasteiger partial charge >= 0.3 is 13.1 Å². The lowest BCUT2D eigenvalue weighted by atomic mass is 9.66. The predicted molar refractivity (Wildman–Crippen MR) is 85.2 cm³/mol. The summed E-state index contributed by atoms with van der Waals surface area (Å²) in [5, 5.41) is 9.18. The van der Waals surface area contributed by atoms with Gasteiger partial charge in [0.2, 0.25) is 0 Å². The van der Waals surface area contributed by atoms with Gasteiger partial charge < -0.3 is 14.4 Å². The summed E-state index contributed by atoms with van der Waals surface area (Å²) in [5.41, 5.74) is -0.591. The van der Waals surface area contributed by atoms with Crippen molar-refractivity contribution < 1.29 is 23.6 Å². The van der Waals surface area contributed by atoms with Crippen molar-refractivity contribution in [3.8, 4) is 0 Å². The molecular weight excluding hydrogens is 354 g/mol. The van der Waals surface area contributed by atoms with Gasteiger partial charge in [-0.15, -0.1) is 0 Å². The molecule has 0 saturated carbocycles. The zero-order valence-electron chi connectivity index (χ0n) is 13.0. The molecular formula is C15H19BBrFO4. The Bertz CT molecular complexity index is 575. The number of rotatable bonds is 4. The van der Waals surface area contributed by atoms with Crippen LogP contribution in [0.4, 0.5) is 4.39 Å². The molecule has 0 radical (unpaired) electrons. The van der Waals surface area contributed by atoms with Crippen LogP contribution in [0.5, 0.6) is 0 Å². The second-order valence-electron chi connectivity index (χ2n) is 6.50. The van der Waals surface area contributed by atoms with Crippen LogP contribution < -0.4 is 0 Å². The van der Waals surface area contributed by atoms with E-state index in [1.165, 1.54) is 6.07 Å². The molecule has 4 nitrogen and oxygen atoms in total. The van der Waals surface area contributed by atoms with Crippen LogP contribution in [0.2, 0.25) is 0 Å². The number of carboxylic acids is 1. The lowest BCUT2D eigenvalue weighted by Gasteiger charge is -2.32. The van der Waals surface area contributed by atoms with E-state index >= 15 is 0 Å². The molecule has 1 unspecified atom stereocenters. The van der Waals surface area contributed by atoms with E-state index in [1.54, 1.807) is 12.1 Å². The van der Waals surface area contributed by atoms with Gasteiger partial charge in [0, 0.05) is 5.82 Å². The highest BCUT2D eigenvalue weighted by Crippen LogP contribution is 2.42. The van der Waals surface area contributed by atoms with Gasteiger partial charge in [-0.2, -0.15) is 0 Å². The zero-order valence-corrected chi connectivity index (χ0v) is 14.6. The number of carbonyl (C=O) groups is 1.